The van der Waals surface area contributed by atoms with E-state index in [-0.39, 0.29) is 0 Å². The Morgan fingerprint density at radius 3 is 2.95 bits per heavy atom. The molecule has 0 spiro atoms. The fourth-order valence-electron chi connectivity index (χ4n) is 3.58. The molecule has 3 heterocycles. The lowest BCUT2D eigenvalue weighted by Crippen LogP contribution is -2.32. The van der Waals surface area contributed by atoms with E-state index in [2.05, 4.69) is 51.0 Å². The minimum atomic E-state index is 0.515. The van der Waals surface area contributed by atoms with Crippen LogP contribution in [0.25, 0.3) is 5.69 Å². The van der Waals surface area contributed by atoms with Crippen LogP contribution in [0.5, 0.6) is 0 Å². The summed E-state index contributed by atoms with van der Waals surface area (Å²) in [6, 6.07) is 8.68. The molecule has 1 unspecified atom stereocenters. The van der Waals surface area contributed by atoms with E-state index in [1.165, 1.54) is 36.5 Å². The largest absolute Gasteiger partial charge is 0.306 e. The molecule has 1 aromatic heterocycles. The van der Waals surface area contributed by atoms with Crippen LogP contribution in [0.1, 0.15) is 36.0 Å². The fraction of sp³-hybridized carbons (Fsp3) is 0.500. The molecule has 4 heteroatoms. The zero-order valence-corrected chi connectivity index (χ0v) is 11.9. The number of aryl methyl sites for hydroxylation is 2. The number of nitrogens with zero attached hydrogens (tertiary/aromatic N) is 4. The van der Waals surface area contributed by atoms with Crippen LogP contribution in [0.15, 0.2) is 24.3 Å². The van der Waals surface area contributed by atoms with Gasteiger partial charge in [0, 0.05) is 18.9 Å². The van der Waals surface area contributed by atoms with Crippen LogP contribution < -0.4 is 0 Å². The number of piperidine rings is 1. The zero-order valence-electron chi connectivity index (χ0n) is 11.9. The van der Waals surface area contributed by atoms with Crippen molar-refractivity contribution in [1.29, 1.82) is 0 Å². The van der Waals surface area contributed by atoms with E-state index in [4.69, 9.17) is 0 Å². The summed E-state index contributed by atoms with van der Waals surface area (Å²) in [5.74, 6) is 2.81. The van der Waals surface area contributed by atoms with Gasteiger partial charge < -0.3 is 4.90 Å². The van der Waals surface area contributed by atoms with Gasteiger partial charge in [-0.15, -0.1) is 10.2 Å². The SMILES string of the molecule is CN1CCCC(c2nnc3n2-c2ccccc2CC3)C1. The highest BCUT2D eigenvalue weighted by atomic mass is 15.3. The lowest BCUT2D eigenvalue weighted by atomic mass is 9.96. The van der Waals surface area contributed by atoms with Crippen molar-refractivity contribution in [3.8, 4) is 5.69 Å². The van der Waals surface area contributed by atoms with Gasteiger partial charge >= 0.3 is 0 Å². The lowest BCUT2D eigenvalue weighted by Gasteiger charge is -2.30. The van der Waals surface area contributed by atoms with Crippen LogP contribution >= 0.6 is 0 Å². The number of hydrogen-bond donors (Lipinski definition) is 0. The van der Waals surface area contributed by atoms with Crippen molar-refractivity contribution < 1.29 is 0 Å². The van der Waals surface area contributed by atoms with Gasteiger partial charge in [-0.1, -0.05) is 18.2 Å². The molecular formula is C16H20N4. The van der Waals surface area contributed by atoms with Gasteiger partial charge in [0.05, 0.1) is 5.69 Å². The van der Waals surface area contributed by atoms with Gasteiger partial charge in [-0.25, -0.2) is 0 Å². The van der Waals surface area contributed by atoms with E-state index in [9.17, 15) is 0 Å². The summed E-state index contributed by atoms with van der Waals surface area (Å²) in [5.41, 5.74) is 2.71. The first kappa shape index (κ1) is 12.1. The quantitative estimate of drug-likeness (QED) is 0.795. The van der Waals surface area contributed by atoms with E-state index in [0.29, 0.717) is 5.92 Å². The second kappa shape index (κ2) is 4.70. The van der Waals surface area contributed by atoms with Crippen LogP contribution in [0.3, 0.4) is 0 Å². The number of para-hydroxylation sites is 1. The van der Waals surface area contributed by atoms with Gasteiger partial charge in [-0.3, -0.25) is 4.57 Å². The lowest BCUT2D eigenvalue weighted by molar-refractivity contribution is 0.244. The van der Waals surface area contributed by atoms with Crippen LogP contribution in [0.4, 0.5) is 0 Å². The first-order valence-corrected chi connectivity index (χ1v) is 7.54. The minimum Gasteiger partial charge on any atom is -0.306 e. The number of hydrogen-bond acceptors (Lipinski definition) is 3. The predicted molar refractivity (Wildman–Crippen MR) is 78.2 cm³/mol. The molecule has 0 saturated carbocycles. The number of likely N-dealkylation sites (tertiary alicyclic amines) is 1. The Kier molecular flexibility index (Phi) is 2.84. The summed E-state index contributed by atoms with van der Waals surface area (Å²) in [4.78, 5) is 2.41. The Bertz CT molecular complexity index is 631. The molecule has 104 valence electrons. The third-order valence-corrected chi connectivity index (χ3v) is 4.60. The predicted octanol–water partition coefficient (Wildman–Crippen LogP) is 2.18. The summed E-state index contributed by atoms with van der Waals surface area (Å²) in [5, 5.41) is 8.99. The Hall–Kier alpha value is -1.68. The average molecular weight is 268 g/mol. The molecule has 2 aromatic rings. The molecule has 1 fully saturated rings. The van der Waals surface area contributed by atoms with Crippen LogP contribution in [-0.2, 0) is 12.8 Å². The van der Waals surface area contributed by atoms with Crippen LogP contribution in [0, 0.1) is 0 Å². The summed E-state index contributed by atoms with van der Waals surface area (Å²) in [6.45, 7) is 2.30. The van der Waals surface area contributed by atoms with E-state index >= 15 is 0 Å². The van der Waals surface area contributed by atoms with E-state index < -0.39 is 0 Å². The molecule has 20 heavy (non-hydrogen) atoms. The van der Waals surface area contributed by atoms with E-state index in [0.717, 1.165) is 25.2 Å². The van der Waals surface area contributed by atoms with Gasteiger partial charge in [-0.2, -0.15) is 0 Å². The zero-order chi connectivity index (χ0) is 13.5. The van der Waals surface area contributed by atoms with Crippen molar-refractivity contribution in [1.82, 2.24) is 19.7 Å². The highest BCUT2D eigenvalue weighted by Gasteiger charge is 2.28. The molecule has 0 N–H and O–H groups in total. The summed E-state index contributed by atoms with van der Waals surface area (Å²) in [7, 11) is 2.20. The highest BCUT2D eigenvalue weighted by Crippen LogP contribution is 2.31. The Morgan fingerprint density at radius 1 is 1.15 bits per heavy atom. The third kappa shape index (κ3) is 1.86. The summed E-state index contributed by atoms with van der Waals surface area (Å²) < 4.78 is 2.32. The molecule has 4 nitrogen and oxygen atoms in total. The third-order valence-electron chi connectivity index (χ3n) is 4.60. The Balaban J connectivity index is 1.79. The van der Waals surface area contributed by atoms with Crippen molar-refractivity contribution in [2.45, 2.75) is 31.6 Å². The van der Waals surface area contributed by atoms with Crippen LogP contribution in [0.2, 0.25) is 0 Å². The van der Waals surface area contributed by atoms with Crippen molar-refractivity contribution in [2.75, 3.05) is 20.1 Å². The topological polar surface area (TPSA) is 34.0 Å². The fourth-order valence-corrected chi connectivity index (χ4v) is 3.58. The molecular weight excluding hydrogens is 248 g/mol. The Labute approximate surface area is 119 Å². The van der Waals surface area contributed by atoms with Crippen molar-refractivity contribution in [3.63, 3.8) is 0 Å². The molecule has 0 amide bonds. The normalized spacial score (nSPS) is 22.4. The van der Waals surface area contributed by atoms with Gasteiger partial charge in [0.15, 0.2) is 0 Å². The van der Waals surface area contributed by atoms with Crippen molar-refractivity contribution >= 4 is 0 Å². The maximum Gasteiger partial charge on any atom is 0.142 e. The van der Waals surface area contributed by atoms with Crippen molar-refractivity contribution in [3.05, 3.63) is 41.5 Å². The highest BCUT2D eigenvalue weighted by molar-refractivity contribution is 5.45. The molecule has 1 aromatic carbocycles. The maximum absolute atomic E-state index is 4.54. The maximum atomic E-state index is 4.54. The molecule has 2 aliphatic heterocycles. The molecule has 0 bridgehead atoms. The van der Waals surface area contributed by atoms with Gasteiger partial charge in [0.2, 0.25) is 0 Å². The minimum absolute atomic E-state index is 0.515. The second-order valence-corrected chi connectivity index (χ2v) is 6.04. The summed E-state index contributed by atoms with van der Waals surface area (Å²) in [6.07, 6.45) is 4.57. The molecule has 0 aliphatic carbocycles. The van der Waals surface area contributed by atoms with Gasteiger partial charge in [0.1, 0.15) is 11.6 Å². The van der Waals surface area contributed by atoms with Crippen molar-refractivity contribution in [2.24, 2.45) is 0 Å². The monoisotopic (exact) mass is 268 g/mol. The number of likely N-dealkylation sites (N-methyl/N-ethyl adjacent to an activating group) is 1. The van der Waals surface area contributed by atoms with Gasteiger partial charge in [-0.05, 0) is 44.5 Å². The smallest absolute Gasteiger partial charge is 0.142 e. The second-order valence-electron chi connectivity index (χ2n) is 6.04. The number of rotatable bonds is 1. The first-order valence-electron chi connectivity index (χ1n) is 7.54. The van der Waals surface area contributed by atoms with Gasteiger partial charge in [0.25, 0.3) is 0 Å². The Morgan fingerprint density at radius 2 is 2.05 bits per heavy atom. The molecule has 2 aliphatic rings. The van der Waals surface area contributed by atoms with E-state index in [1.54, 1.807) is 0 Å². The standard InChI is InChI=1S/C16H20N4/c1-19-10-4-6-13(11-19)16-18-17-15-9-8-12-5-2-3-7-14(12)20(15)16/h2-3,5,7,13H,4,6,8-11H2,1H3. The van der Waals surface area contributed by atoms with Crippen LogP contribution in [-0.4, -0.2) is 39.8 Å². The number of benzene rings is 1. The average Bonchev–Trinajstić information content (AvgIpc) is 2.91. The summed E-state index contributed by atoms with van der Waals surface area (Å²) >= 11 is 0. The molecule has 1 atom stereocenters. The molecule has 0 radical (unpaired) electrons. The number of aromatic nitrogens is 3. The molecule has 1 saturated heterocycles. The van der Waals surface area contributed by atoms with E-state index in [1.807, 2.05) is 0 Å². The molecule has 4 rings (SSSR count). The number of fused-ring (bicyclic) bond motifs is 3. The first-order chi connectivity index (χ1) is 9.83.